The van der Waals surface area contributed by atoms with E-state index < -0.39 is 0 Å². The summed E-state index contributed by atoms with van der Waals surface area (Å²) >= 11 is 1.63. The number of aromatic nitrogens is 2. The number of carbonyl (C=O) groups excluding carboxylic acids is 1. The van der Waals surface area contributed by atoms with Gasteiger partial charge in [-0.3, -0.25) is 4.68 Å². The van der Waals surface area contributed by atoms with E-state index in [1.54, 1.807) is 11.3 Å². The Morgan fingerprint density at radius 1 is 1.50 bits per heavy atom. The molecule has 2 amide bonds. The minimum absolute atomic E-state index is 0.0149. The summed E-state index contributed by atoms with van der Waals surface area (Å²) < 4.78 is 7.77. The Hall–Kier alpha value is -1.86. The molecule has 0 bridgehead atoms. The Bertz CT molecular complexity index is 710. The van der Waals surface area contributed by atoms with Crippen LogP contribution in [0.5, 0.6) is 0 Å². The maximum absolute atomic E-state index is 12.4. The Morgan fingerprint density at radius 2 is 2.29 bits per heavy atom. The quantitative estimate of drug-likeness (QED) is 0.892. The Morgan fingerprint density at radius 3 is 2.92 bits per heavy atom. The SMILES string of the molecule is Cc1nn(C)c(C)c1[C@@H]1OCC[C@H]1NC(=O)NC(C)c1ccsc1. The Kier molecular flexibility index (Phi) is 4.91. The van der Waals surface area contributed by atoms with Crippen molar-refractivity contribution in [2.45, 2.75) is 45.4 Å². The lowest BCUT2D eigenvalue weighted by atomic mass is 10.0. The molecule has 24 heavy (non-hydrogen) atoms. The fraction of sp³-hybridized carbons (Fsp3) is 0.529. The molecule has 3 rings (SSSR count). The van der Waals surface area contributed by atoms with Crippen LogP contribution in [0.1, 0.15) is 48.0 Å². The number of hydrogen-bond donors (Lipinski definition) is 2. The maximum atomic E-state index is 12.4. The van der Waals surface area contributed by atoms with E-state index in [9.17, 15) is 4.79 Å². The average molecular weight is 348 g/mol. The summed E-state index contributed by atoms with van der Waals surface area (Å²) in [7, 11) is 1.93. The molecule has 2 aromatic heterocycles. The number of ether oxygens (including phenoxy) is 1. The molecule has 0 spiro atoms. The Labute approximate surface area is 146 Å². The molecule has 7 heteroatoms. The third kappa shape index (κ3) is 3.32. The third-order valence-electron chi connectivity index (χ3n) is 4.65. The summed E-state index contributed by atoms with van der Waals surface area (Å²) in [5.41, 5.74) is 4.25. The van der Waals surface area contributed by atoms with Crippen LogP contribution in [0.2, 0.25) is 0 Å². The number of hydrogen-bond acceptors (Lipinski definition) is 4. The van der Waals surface area contributed by atoms with Gasteiger partial charge in [0.15, 0.2) is 0 Å². The summed E-state index contributed by atoms with van der Waals surface area (Å²) in [6.07, 6.45) is 0.666. The number of nitrogens with one attached hydrogen (secondary N) is 2. The van der Waals surface area contributed by atoms with E-state index in [4.69, 9.17) is 4.74 Å². The van der Waals surface area contributed by atoms with Crippen molar-refractivity contribution in [2.75, 3.05) is 6.61 Å². The molecule has 3 atom stereocenters. The van der Waals surface area contributed by atoms with E-state index in [1.165, 1.54) is 0 Å². The molecule has 0 radical (unpaired) electrons. The van der Waals surface area contributed by atoms with Gasteiger partial charge in [-0.1, -0.05) is 0 Å². The fourth-order valence-corrected chi connectivity index (χ4v) is 3.99. The molecule has 2 aromatic rings. The number of nitrogens with zero attached hydrogens (tertiary/aromatic N) is 2. The Balaban J connectivity index is 1.66. The summed E-state index contributed by atoms with van der Waals surface area (Å²) in [6.45, 7) is 6.65. The molecule has 0 aromatic carbocycles. The predicted molar refractivity (Wildman–Crippen MR) is 94.2 cm³/mol. The normalized spacial score (nSPS) is 21.7. The van der Waals surface area contributed by atoms with Crippen molar-refractivity contribution in [3.05, 3.63) is 39.3 Å². The first kappa shape index (κ1) is 17.0. The number of carbonyl (C=O) groups is 1. The lowest BCUT2D eigenvalue weighted by molar-refractivity contribution is 0.0988. The average Bonchev–Trinajstić information content (AvgIpc) is 3.23. The molecule has 1 saturated heterocycles. The molecule has 1 unspecified atom stereocenters. The molecule has 1 aliphatic heterocycles. The van der Waals surface area contributed by atoms with Crippen molar-refractivity contribution in [1.82, 2.24) is 20.4 Å². The highest BCUT2D eigenvalue weighted by atomic mass is 32.1. The van der Waals surface area contributed by atoms with E-state index >= 15 is 0 Å². The number of urea groups is 1. The van der Waals surface area contributed by atoms with Gasteiger partial charge in [0.2, 0.25) is 0 Å². The summed E-state index contributed by atoms with van der Waals surface area (Å²) in [6, 6.07) is 1.81. The second kappa shape index (κ2) is 6.94. The first-order valence-corrected chi connectivity index (χ1v) is 9.12. The topological polar surface area (TPSA) is 68.2 Å². The van der Waals surface area contributed by atoms with E-state index in [0.717, 1.165) is 28.9 Å². The molecule has 130 valence electrons. The highest BCUT2D eigenvalue weighted by Gasteiger charge is 2.34. The van der Waals surface area contributed by atoms with Crippen LogP contribution in [0.15, 0.2) is 16.8 Å². The van der Waals surface area contributed by atoms with Gasteiger partial charge < -0.3 is 15.4 Å². The second-order valence-corrected chi connectivity index (χ2v) is 7.07. The molecule has 0 aliphatic carbocycles. The predicted octanol–water partition coefficient (Wildman–Crippen LogP) is 2.99. The molecular formula is C17H24N4O2S. The molecule has 1 aliphatic rings. The van der Waals surface area contributed by atoms with E-state index in [1.807, 2.05) is 43.9 Å². The number of amides is 2. The van der Waals surface area contributed by atoms with Gasteiger partial charge in [0, 0.05) is 24.9 Å². The van der Waals surface area contributed by atoms with Gasteiger partial charge in [-0.25, -0.2) is 4.79 Å². The van der Waals surface area contributed by atoms with Crippen LogP contribution in [-0.4, -0.2) is 28.5 Å². The zero-order chi connectivity index (χ0) is 17.3. The van der Waals surface area contributed by atoms with Crippen molar-refractivity contribution >= 4 is 17.4 Å². The van der Waals surface area contributed by atoms with E-state index in [-0.39, 0.29) is 24.2 Å². The maximum Gasteiger partial charge on any atom is 0.315 e. The fourth-order valence-electron chi connectivity index (χ4n) is 3.24. The van der Waals surface area contributed by atoms with Crippen LogP contribution in [0, 0.1) is 13.8 Å². The molecule has 2 N–H and O–H groups in total. The third-order valence-corrected chi connectivity index (χ3v) is 5.35. The molecular weight excluding hydrogens is 324 g/mol. The first-order chi connectivity index (χ1) is 11.5. The zero-order valence-corrected chi connectivity index (χ0v) is 15.3. The van der Waals surface area contributed by atoms with Crippen LogP contribution in [0.4, 0.5) is 4.79 Å². The minimum Gasteiger partial charge on any atom is -0.371 e. The first-order valence-electron chi connectivity index (χ1n) is 8.18. The highest BCUT2D eigenvalue weighted by Crippen LogP contribution is 2.33. The number of aryl methyl sites for hydroxylation is 2. The lowest BCUT2D eigenvalue weighted by Gasteiger charge is -2.22. The smallest absolute Gasteiger partial charge is 0.315 e. The molecule has 0 saturated carbocycles. The summed E-state index contributed by atoms with van der Waals surface area (Å²) in [4.78, 5) is 12.4. The van der Waals surface area contributed by atoms with Gasteiger partial charge >= 0.3 is 6.03 Å². The van der Waals surface area contributed by atoms with Gasteiger partial charge in [-0.05, 0) is 49.6 Å². The van der Waals surface area contributed by atoms with Crippen LogP contribution in [0.3, 0.4) is 0 Å². The zero-order valence-electron chi connectivity index (χ0n) is 14.5. The number of rotatable bonds is 4. The van der Waals surface area contributed by atoms with E-state index in [2.05, 4.69) is 21.1 Å². The highest BCUT2D eigenvalue weighted by molar-refractivity contribution is 7.07. The monoisotopic (exact) mass is 348 g/mol. The second-order valence-electron chi connectivity index (χ2n) is 6.29. The summed E-state index contributed by atoms with van der Waals surface area (Å²) in [5, 5.41) is 14.6. The van der Waals surface area contributed by atoms with Gasteiger partial charge in [0.25, 0.3) is 0 Å². The molecule has 1 fully saturated rings. The van der Waals surface area contributed by atoms with Crippen LogP contribution in [0.25, 0.3) is 0 Å². The van der Waals surface area contributed by atoms with Crippen LogP contribution >= 0.6 is 11.3 Å². The van der Waals surface area contributed by atoms with Crippen molar-refractivity contribution in [3.8, 4) is 0 Å². The summed E-state index contributed by atoms with van der Waals surface area (Å²) in [5.74, 6) is 0. The van der Waals surface area contributed by atoms with Crippen LogP contribution in [-0.2, 0) is 11.8 Å². The van der Waals surface area contributed by atoms with Crippen molar-refractivity contribution in [2.24, 2.45) is 7.05 Å². The van der Waals surface area contributed by atoms with Crippen LogP contribution < -0.4 is 10.6 Å². The standard InChI is InChI=1S/C17H24N4O2S/c1-10(13-6-8-24-9-13)18-17(22)19-14-5-7-23-16(14)15-11(2)20-21(4)12(15)3/h6,8-10,14,16H,5,7H2,1-4H3,(H2,18,19,22)/t10?,14-,16-/m1/s1. The van der Waals surface area contributed by atoms with Gasteiger partial charge in [0.05, 0.1) is 17.8 Å². The largest absolute Gasteiger partial charge is 0.371 e. The molecule has 6 nitrogen and oxygen atoms in total. The van der Waals surface area contributed by atoms with Gasteiger partial charge in [-0.2, -0.15) is 16.4 Å². The van der Waals surface area contributed by atoms with Gasteiger partial charge in [0.1, 0.15) is 6.10 Å². The minimum atomic E-state index is -0.159. The van der Waals surface area contributed by atoms with Crippen molar-refractivity contribution in [1.29, 1.82) is 0 Å². The van der Waals surface area contributed by atoms with Crippen molar-refractivity contribution in [3.63, 3.8) is 0 Å². The van der Waals surface area contributed by atoms with Crippen molar-refractivity contribution < 1.29 is 9.53 Å². The van der Waals surface area contributed by atoms with E-state index in [0.29, 0.717) is 6.61 Å². The lowest BCUT2D eigenvalue weighted by Crippen LogP contribution is -2.44. The molecule has 3 heterocycles. The number of thiophene rings is 1. The van der Waals surface area contributed by atoms with Gasteiger partial charge in [-0.15, -0.1) is 0 Å².